The van der Waals surface area contributed by atoms with Crippen molar-refractivity contribution in [3.05, 3.63) is 94.4 Å². The van der Waals surface area contributed by atoms with Crippen LogP contribution >= 0.6 is 0 Å². The Bertz CT molecular complexity index is 1870. The normalized spacial score (nSPS) is 19.8. The molecule has 3 heterocycles. The van der Waals surface area contributed by atoms with Crippen molar-refractivity contribution in [1.29, 1.82) is 0 Å². The van der Waals surface area contributed by atoms with E-state index in [1.807, 2.05) is 37.3 Å². The van der Waals surface area contributed by atoms with E-state index in [0.717, 1.165) is 29.4 Å². The molecule has 9 nitrogen and oxygen atoms in total. The lowest BCUT2D eigenvalue weighted by molar-refractivity contribution is -0.123. The second-order valence-electron chi connectivity index (χ2n) is 11.7. The summed E-state index contributed by atoms with van der Waals surface area (Å²) in [5.41, 5.74) is 4.78. The van der Waals surface area contributed by atoms with Crippen molar-refractivity contribution in [3.8, 4) is 5.75 Å². The Morgan fingerprint density at radius 2 is 1.84 bits per heavy atom. The third-order valence-corrected chi connectivity index (χ3v) is 10.0. The Labute approximate surface area is 256 Å². The number of sulfonamides is 1. The van der Waals surface area contributed by atoms with E-state index in [2.05, 4.69) is 10.3 Å². The van der Waals surface area contributed by atoms with Crippen molar-refractivity contribution in [3.63, 3.8) is 0 Å². The lowest BCUT2D eigenvalue weighted by Crippen LogP contribution is -2.39. The average Bonchev–Trinajstić information content (AvgIpc) is 3.60. The number of hydrogen-bond donors (Lipinski definition) is 2. The number of likely N-dealkylation sites (N-methyl/N-ethyl adjacent to an activating group) is 1. The molecule has 11 heteroatoms. The van der Waals surface area contributed by atoms with Gasteiger partial charge in [-0.15, -0.1) is 0 Å². The number of aromatic amines is 1. The molecule has 3 aromatic carbocycles. The molecule has 1 saturated heterocycles. The van der Waals surface area contributed by atoms with Crippen LogP contribution in [0.5, 0.6) is 5.75 Å². The number of piperidine rings is 1. The van der Waals surface area contributed by atoms with Crippen LogP contribution in [-0.2, 0) is 14.8 Å². The summed E-state index contributed by atoms with van der Waals surface area (Å²) in [6.07, 6.45) is 3.58. The maximum atomic E-state index is 13.8. The maximum Gasteiger partial charge on any atom is 0.256 e. The Kier molecular flexibility index (Phi) is 7.61. The third-order valence-electron chi connectivity index (χ3n) is 8.84. The fourth-order valence-electron chi connectivity index (χ4n) is 6.41. The molecule has 2 aliphatic rings. The summed E-state index contributed by atoms with van der Waals surface area (Å²) in [5, 5.41) is 3.41. The number of aryl methyl sites for hydroxylation is 1. The molecule has 2 amide bonds. The highest BCUT2D eigenvalue weighted by atomic mass is 32.2. The molecule has 2 aliphatic heterocycles. The number of carbonyl (C=O) groups is 2. The van der Waals surface area contributed by atoms with Crippen molar-refractivity contribution >= 4 is 38.4 Å². The minimum atomic E-state index is -3.65. The first-order chi connectivity index (χ1) is 21.0. The predicted octanol–water partition coefficient (Wildman–Crippen LogP) is 4.99. The summed E-state index contributed by atoms with van der Waals surface area (Å²) >= 11 is 0. The van der Waals surface area contributed by atoms with Crippen LogP contribution in [0.3, 0.4) is 0 Å². The van der Waals surface area contributed by atoms with E-state index in [-0.39, 0.29) is 23.5 Å². The number of rotatable bonds is 6. The largest absolute Gasteiger partial charge is 0.484 e. The molecule has 0 bridgehead atoms. The molecule has 1 fully saturated rings. The van der Waals surface area contributed by atoms with E-state index in [9.17, 15) is 22.4 Å². The zero-order valence-corrected chi connectivity index (χ0v) is 25.9. The number of fused-ring (bicyclic) bond motifs is 2. The van der Waals surface area contributed by atoms with Gasteiger partial charge in [-0.2, -0.15) is 0 Å². The highest BCUT2D eigenvalue weighted by molar-refractivity contribution is 7.92. The third kappa shape index (κ3) is 5.29. The first kappa shape index (κ1) is 29.7. The highest BCUT2D eigenvalue weighted by Crippen LogP contribution is 2.50. The highest BCUT2D eigenvalue weighted by Gasteiger charge is 2.42. The maximum absolute atomic E-state index is 13.8. The Balaban J connectivity index is 1.40. The number of benzene rings is 3. The zero-order valence-electron chi connectivity index (χ0n) is 25.1. The number of nitrogens with one attached hydrogen (secondary N) is 2. The molecular weight excluding hydrogens is 583 g/mol. The lowest BCUT2D eigenvalue weighted by atomic mass is 9.84. The molecule has 0 saturated carbocycles. The van der Waals surface area contributed by atoms with Gasteiger partial charge in [0.15, 0.2) is 0 Å². The summed E-state index contributed by atoms with van der Waals surface area (Å²) in [7, 11) is -0.563. The number of halogens is 1. The quantitative estimate of drug-likeness (QED) is 0.316. The molecule has 4 aromatic rings. The van der Waals surface area contributed by atoms with Gasteiger partial charge in [0.1, 0.15) is 23.6 Å². The number of nitrogens with zero attached hydrogens (tertiary/aromatic N) is 2. The Hall–Kier alpha value is -4.38. The van der Waals surface area contributed by atoms with Crippen LogP contribution in [0.2, 0.25) is 0 Å². The van der Waals surface area contributed by atoms with E-state index >= 15 is 0 Å². The number of likely N-dealkylation sites (tertiary alicyclic amines) is 1. The smallest absolute Gasteiger partial charge is 0.256 e. The number of hydrogen-bond acceptors (Lipinski definition) is 5. The average molecular weight is 619 g/mol. The SMILES string of the molecule is CNC(=O)C1c2cc([C@H]3CCCN(C(=O)c4c[nH]c5cc(F)ccc45)C3)c(N(C)S(C)(=O)=O)cc2OC1c1ccc(C)cc1. The zero-order chi connectivity index (χ0) is 31.3. The molecule has 0 aliphatic carbocycles. The van der Waals surface area contributed by atoms with Crippen molar-refractivity contribution in [2.75, 3.05) is 37.7 Å². The number of ether oxygens (including phenoxy) is 1. The van der Waals surface area contributed by atoms with Crippen molar-refractivity contribution in [2.24, 2.45) is 0 Å². The van der Waals surface area contributed by atoms with Gasteiger partial charge in [-0.1, -0.05) is 29.8 Å². The van der Waals surface area contributed by atoms with E-state index in [1.165, 1.54) is 23.5 Å². The van der Waals surface area contributed by atoms with Gasteiger partial charge in [-0.05, 0) is 55.2 Å². The summed E-state index contributed by atoms with van der Waals surface area (Å²) in [4.78, 5) is 31.8. The molecule has 1 aromatic heterocycles. The first-order valence-electron chi connectivity index (χ1n) is 14.6. The van der Waals surface area contributed by atoms with Gasteiger partial charge in [0, 0.05) is 61.8 Å². The minimum absolute atomic E-state index is 0.183. The second-order valence-corrected chi connectivity index (χ2v) is 13.7. The summed E-state index contributed by atoms with van der Waals surface area (Å²) in [6, 6.07) is 15.7. The van der Waals surface area contributed by atoms with Gasteiger partial charge in [0.05, 0.1) is 17.5 Å². The van der Waals surface area contributed by atoms with Crippen LogP contribution < -0.4 is 14.4 Å². The molecule has 6 rings (SSSR count). The number of aromatic nitrogens is 1. The van der Waals surface area contributed by atoms with Crippen molar-refractivity contribution in [1.82, 2.24) is 15.2 Å². The van der Waals surface area contributed by atoms with Crippen molar-refractivity contribution in [2.45, 2.75) is 37.7 Å². The first-order valence-corrected chi connectivity index (χ1v) is 16.4. The van der Waals surface area contributed by atoms with Gasteiger partial charge in [0.2, 0.25) is 15.9 Å². The van der Waals surface area contributed by atoms with Crippen LogP contribution in [0.15, 0.2) is 60.8 Å². The molecule has 230 valence electrons. The summed E-state index contributed by atoms with van der Waals surface area (Å²) in [5.74, 6) is -1.18. The van der Waals surface area contributed by atoms with Crippen LogP contribution in [-0.4, -0.2) is 63.6 Å². The summed E-state index contributed by atoms with van der Waals surface area (Å²) < 4.78 is 47.0. The summed E-state index contributed by atoms with van der Waals surface area (Å²) in [6.45, 7) is 2.87. The fraction of sp³-hybridized carbons (Fsp3) is 0.333. The van der Waals surface area contributed by atoms with Crippen LogP contribution in [0, 0.1) is 12.7 Å². The molecule has 0 radical (unpaired) electrons. The topological polar surface area (TPSA) is 112 Å². The van der Waals surface area contributed by atoms with E-state index < -0.39 is 22.0 Å². The van der Waals surface area contributed by atoms with Crippen LogP contribution in [0.1, 0.15) is 63.4 Å². The van der Waals surface area contributed by atoms with Crippen LogP contribution in [0.25, 0.3) is 10.9 Å². The Morgan fingerprint density at radius 3 is 2.55 bits per heavy atom. The monoisotopic (exact) mass is 618 g/mol. The lowest BCUT2D eigenvalue weighted by Gasteiger charge is -2.35. The number of carbonyl (C=O) groups excluding carboxylic acids is 2. The molecular formula is C33H35FN4O5S. The Morgan fingerprint density at radius 1 is 1.09 bits per heavy atom. The predicted molar refractivity (Wildman–Crippen MR) is 167 cm³/mol. The molecule has 2 unspecified atom stereocenters. The number of anilines is 1. The van der Waals surface area contributed by atoms with Gasteiger partial charge in [-0.3, -0.25) is 13.9 Å². The number of H-pyrrole nitrogens is 1. The van der Waals surface area contributed by atoms with E-state index in [4.69, 9.17) is 4.74 Å². The van der Waals surface area contributed by atoms with Gasteiger partial charge in [0.25, 0.3) is 5.91 Å². The molecule has 3 atom stereocenters. The van der Waals surface area contributed by atoms with Gasteiger partial charge >= 0.3 is 0 Å². The van der Waals surface area contributed by atoms with Gasteiger partial charge in [-0.25, -0.2) is 12.8 Å². The molecule has 2 N–H and O–H groups in total. The van der Waals surface area contributed by atoms with E-state index in [1.54, 1.807) is 30.3 Å². The molecule has 44 heavy (non-hydrogen) atoms. The minimum Gasteiger partial charge on any atom is -0.484 e. The number of amides is 2. The molecule has 0 spiro atoms. The van der Waals surface area contributed by atoms with Gasteiger partial charge < -0.3 is 19.9 Å². The fourth-order valence-corrected chi connectivity index (χ4v) is 6.92. The van der Waals surface area contributed by atoms with E-state index in [0.29, 0.717) is 53.0 Å². The van der Waals surface area contributed by atoms with Crippen molar-refractivity contribution < 1.29 is 27.1 Å². The second kappa shape index (κ2) is 11.3. The van der Waals surface area contributed by atoms with Crippen LogP contribution in [0.4, 0.5) is 10.1 Å². The standard InChI is InChI=1S/C33H35FN4O5S/c1-19-7-9-20(10-8-19)31-30(32(39)35-2)25-15-24(28(16-29(25)43-31)37(3)44(4,41)42)21-6-5-13-38(18-21)33(40)26-17-36-27-14-22(34)11-12-23(26)27/h7-12,14-17,21,30-31,36H,5-6,13,18H2,1-4H3,(H,35,39)/t21-,30?,31?/m0/s1.